The Morgan fingerprint density at radius 2 is 1.56 bits per heavy atom. The van der Waals surface area contributed by atoms with Gasteiger partial charge in [-0.1, -0.05) is 105 Å². The maximum atomic E-state index is 10.9. The summed E-state index contributed by atoms with van der Waals surface area (Å²) in [7, 11) is 0. The third kappa shape index (κ3) is 10.3. The van der Waals surface area contributed by atoms with Crippen molar-refractivity contribution in [3.8, 4) is 5.75 Å². The fraction of sp³-hybridized carbons (Fsp3) is 0.581. The minimum absolute atomic E-state index is 0.0174. The Kier molecular flexibility index (Phi) is 11.9. The lowest BCUT2D eigenvalue weighted by molar-refractivity contribution is -0.131. The molecule has 34 heavy (non-hydrogen) atoms. The van der Waals surface area contributed by atoms with Gasteiger partial charge in [-0.05, 0) is 53.9 Å². The van der Waals surface area contributed by atoms with Crippen LogP contribution in [0.15, 0.2) is 42.0 Å². The second-order valence-corrected chi connectivity index (χ2v) is 11.5. The van der Waals surface area contributed by atoms with E-state index in [0.717, 1.165) is 29.9 Å². The van der Waals surface area contributed by atoms with E-state index in [4.69, 9.17) is 9.84 Å². The highest BCUT2D eigenvalue weighted by Crippen LogP contribution is 2.41. The quantitative estimate of drug-likeness (QED) is 0.189. The van der Waals surface area contributed by atoms with Gasteiger partial charge >= 0.3 is 5.97 Å². The van der Waals surface area contributed by atoms with E-state index in [0.29, 0.717) is 5.57 Å². The smallest absolute Gasteiger partial charge is 0.328 e. The molecule has 0 aliphatic rings. The maximum absolute atomic E-state index is 10.9. The van der Waals surface area contributed by atoms with Crippen LogP contribution in [0.3, 0.4) is 0 Å². The van der Waals surface area contributed by atoms with E-state index >= 15 is 0 Å². The first-order valence-electron chi connectivity index (χ1n) is 12.9. The molecule has 3 nitrogen and oxygen atoms in total. The molecular formula is C31H48O3. The molecule has 0 spiro atoms. The maximum Gasteiger partial charge on any atom is 0.328 e. The first-order chi connectivity index (χ1) is 15.8. The normalized spacial score (nSPS) is 13.6. The van der Waals surface area contributed by atoms with Gasteiger partial charge in [-0.15, -0.1) is 0 Å². The fourth-order valence-electron chi connectivity index (χ4n) is 3.80. The summed E-state index contributed by atoms with van der Waals surface area (Å²) in [6, 6.07) is 4.59. The zero-order chi connectivity index (χ0) is 25.9. The first-order valence-corrected chi connectivity index (χ1v) is 12.9. The van der Waals surface area contributed by atoms with Gasteiger partial charge in [0.1, 0.15) is 5.75 Å². The van der Waals surface area contributed by atoms with Crippen LogP contribution in [0.5, 0.6) is 5.75 Å². The van der Waals surface area contributed by atoms with E-state index in [9.17, 15) is 4.79 Å². The Morgan fingerprint density at radius 1 is 0.941 bits per heavy atom. The highest BCUT2D eigenvalue weighted by molar-refractivity contribution is 5.81. The number of rotatable bonds is 12. The van der Waals surface area contributed by atoms with Crippen LogP contribution in [-0.4, -0.2) is 17.7 Å². The summed E-state index contributed by atoms with van der Waals surface area (Å²) in [5.41, 5.74) is 5.42. The Labute approximate surface area is 209 Å². The van der Waals surface area contributed by atoms with Crippen LogP contribution >= 0.6 is 0 Å². The number of unbranched alkanes of at least 4 members (excludes halogenated alkanes) is 5. The largest absolute Gasteiger partial charge is 0.493 e. The summed E-state index contributed by atoms with van der Waals surface area (Å²) < 4.78 is 6.52. The van der Waals surface area contributed by atoms with Crippen LogP contribution in [0.4, 0.5) is 0 Å². The molecule has 0 unspecified atom stereocenters. The number of carboxylic acid groups (broad SMARTS) is 1. The second kappa shape index (κ2) is 13.6. The lowest BCUT2D eigenvalue weighted by Gasteiger charge is -2.29. The molecule has 0 heterocycles. The van der Waals surface area contributed by atoms with Gasteiger partial charge in [-0.2, -0.15) is 0 Å². The van der Waals surface area contributed by atoms with Crippen LogP contribution in [-0.2, 0) is 15.6 Å². The van der Waals surface area contributed by atoms with Crippen LogP contribution in [0.25, 0.3) is 5.57 Å². The molecule has 0 amide bonds. The summed E-state index contributed by atoms with van der Waals surface area (Å²) >= 11 is 0. The van der Waals surface area contributed by atoms with E-state index in [1.165, 1.54) is 49.3 Å². The van der Waals surface area contributed by atoms with E-state index in [1.54, 1.807) is 6.92 Å². The van der Waals surface area contributed by atoms with Crippen molar-refractivity contribution in [3.63, 3.8) is 0 Å². The number of benzene rings is 1. The molecule has 0 aromatic heterocycles. The van der Waals surface area contributed by atoms with E-state index in [-0.39, 0.29) is 10.8 Å². The minimum Gasteiger partial charge on any atom is -0.493 e. The highest BCUT2D eigenvalue weighted by atomic mass is 16.5. The molecule has 1 aromatic carbocycles. The first kappa shape index (κ1) is 29.7. The molecule has 0 saturated carbocycles. The standard InChI is InChI=1S/C31H48O3/c1-10-11-12-13-14-15-19-34-29-26(24(3)18-16-17-23(2)20-28(32)33)21-25(30(4,5)6)22-27(29)31(7,8)9/h16-18,20-22H,10-15,19H2,1-9H3,(H,32,33)/b17-16+,23-20+,24-18+. The summed E-state index contributed by atoms with van der Waals surface area (Å²) in [6.07, 6.45) is 14.4. The summed E-state index contributed by atoms with van der Waals surface area (Å²) in [4.78, 5) is 10.9. The summed E-state index contributed by atoms with van der Waals surface area (Å²) in [6.45, 7) is 20.3. The van der Waals surface area contributed by atoms with Crippen molar-refractivity contribution < 1.29 is 14.6 Å². The predicted molar refractivity (Wildman–Crippen MR) is 147 cm³/mol. The van der Waals surface area contributed by atoms with Crippen molar-refractivity contribution in [3.05, 3.63) is 58.7 Å². The average Bonchev–Trinajstić information content (AvgIpc) is 2.70. The van der Waals surface area contributed by atoms with Gasteiger partial charge in [-0.25, -0.2) is 4.79 Å². The monoisotopic (exact) mass is 468 g/mol. The Balaban J connectivity index is 3.37. The number of ether oxygens (including phenoxy) is 1. The van der Waals surface area contributed by atoms with Crippen molar-refractivity contribution in [2.45, 2.75) is 112 Å². The van der Waals surface area contributed by atoms with Crippen LogP contribution in [0.1, 0.15) is 118 Å². The molecule has 0 bridgehead atoms. The fourth-order valence-corrected chi connectivity index (χ4v) is 3.80. The SMILES string of the molecule is CCCCCCCCOc1c(/C(C)=C/C=C/C(C)=C/C(=O)O)cc(C(C)(C)C)cc1C(C)(C)C. The molecule has 190 valence electrons. The van der Waals surface area contributed by atoms with Gasteiger partial charge in [-0.3, -0.25) is 0 Å². The van der Waals surface area contributed by atoms with Crippen molar-refractivity contribution in [2.75, 3.05) is 6.61 Å². The second-order valence-electron chi connectivity index (χ2n) is 11.5. The van der Waals surface area contributed by atoms with Gasteiger partial charge in [0.05, 0.1) is 6.61 Å². The zero-order valence-electron chi connectivity index (χ0n) is 23.2. The van der Waals surface area contributed by atoms with Gasteiger partial charge in [0.15, 0.2) is 0 Å². The number of hydrogen-bond acceptors (Lipinski definition) is 2. The zero-order valence-corrected chi connectivity index (χ0v) is 23.2. The molecule has 1 N–H and O–H groups in total. The molecule has 0 saturated heterocycles. The topological polar surface area (TPSA) is 46.5 Å². The van der Waals surface area contributed by atoms with Gasteiger partial charge in [0.2, 0.25) is 0 Å². The molecular weight excluding hydrogens is 420 g/mol. The van der Waals surface area contributed by atoms with E-state index in [2.05, 4.69) is 67.5 Å². The molecule has 0 fully saturated rings. The summed E-state index contributed by atoms with van der Waals surface area (Å²) in [5.74, 6) is 0.0509. The number of aliphatic carboxylic acids is 1. The molecule has 0 aliphatic carbocycles. The number of carbonyl (C=O) groups is 1. The van der Waals surface area contributed by atoms with Crippen molar-refractivity contribution >= 4 is 11.5 Å². The Bertz CT molecular complexity index is 886. The average molecular weight is 469 g/mol. The third-order valence-electron chi connectivity index (χ3n) is 5.99. The molecule has 3 heteroatoms. The van der Waals surface area contributed by atoms with Gasteiger partial charge in [0, 0.05) is 17.2 Å². The van der Waals surface area contributed by atoms with Crippen LogP contribution in [0, 0.1) is 0 Å². The molecule has 0 radical (unpaired) electrons. The lowest BCUT2D eigenvalue weighted by Crippen LogP contribution is -2.19. The van der Waals surface area contributed by atoms with Gasteiger partial charge in [0.25, 0.3) is 0 Å². The molecule has 1 rings (SSSR count). The van der Waals surface area contributed by atoms with Crippen molar-refractivity contribution in [2.24, 2.45) is 0 Å². The van der Waals surface area contributed by atoms with Crippen molar-refractivity contribution in [1.82, 2.24) is 0 Å². The predicted octanol–water partition coefficient (Wildman–Crippen LogP) is 9.01. The van der Waals surface area contributed by atoms with Crippen molar-refractivity contribution in [1.29, 1.82) is 0 Å². The van der Waals surface area contributed by atoms with Gasteiger partial charge < -0.3 is 9.84 Å². The highest BCUT2D eigenvalue weighted by Gasteiger charge is 2.26. The third-order valence-corrected chi connectivity index (χ3v) is 5.99. The number of carboxylic acids is 1. The molecule has 1 aromatic rings. The number of allylic oxidation sites excluding steroid dienone is 5. The van der Waals surface area contributed by atoms with Crippen LogP contribution < -0.4 is 4.74 Å². The van der Waals surface area contributed by atoms with E-state index in [1.807, 2.05) is 18.2 Å². The molecule has 0 atom stereocenters. The lowest BCUT2D eigenvalue weighted by atomic mass is 9.78. The number of hydrogen-bond donors (Lipinski definition) is 1. The van der Waals surface area contributed by atoms with Crippen LogP contribution in [0.2, 0.25) is 0 Å². The van der Waals surface area contributed by atoms with E-state index < -0.39 is 5.97 Å². The molecule has 0 aliphatic heterocycles. The minimum atomic E-state index is -0.930. The summed E-state index contributed by atoms with van der Waals surface area (Å²) in [5, 5.41) is 8.94. The Hall–Kier alpha value is -2.29. The Morgan fingerprint density at radius 3 is 2.12 bits per heavy atom.